The molecule has 136 valence electrons. The first kappa shape index (κ1) is 19.9. The Balaban J connectivity index is 0.00000225. The van der Waals surface area contributed by atoms with Gasteiger partial charge in [-0.25, -0.2) is 8.42 Å². The molecule has 1 saturated heterocycles. The Kier molecular flexibility index (Phi) is 7.02. The first-order chi connectivity index (χ1) is 11.6. The van der Waals surface area contributed by atoms with Crippen molar-refractivity contribution in [2.75, 3.05) is 31.9 Å². The largest absolute Gasteiger partial charge is 1.00 e. The minimum Gasteiger partial charge on any atom is -1.00 e. The molecule has 2 aromatic rings. The second kappa shape index (κ2) is 8.81. The number of hydrogen-bond acceptors (Lipinski definition) is 2. The first-order valence-electron chi connectivity index (χ1n) is 8.54. The Morgan fingerprint density at radius 3 is 1.76 bits per heavy atom. The average Bonchev–Trinajstić information content (AvgIpc) is 2.64. The van der Waals surface area contributed by atoms with Crippen molar-refractivity contribution < 1.29 is 25.7 Å². The third-order valence-electron chi connectivity index (χ3n) is 4.80. The standard InChI is InChI=1S/C19H24N2O2S.ClH/c1-2-24(22,23)21-15-13-20(14-16-21)19(17-9-5-3-6-10-17)18-11-7-4-8-12-18;/h3-12,19H,2,13-16H2,1H3;1H. The van der Waals surface area contributed by atoms with E-state index in [4.69, 9.17) is 0 Å². The molecule has 0 radical (unpaired) electrons. The van der Waals surface area contributed by atoms with Crippen LogP contribution in [0.15, 0.2) is 60.7 Å². The van der Waals surface area contributed by atoms with Crippen molar-refractivity contribution in [1.82, 2.24) is 4.31 Å². The topological polar surface area (TPSA) is 41.8 Å². The Labute approximate surface area is 156 Å². The molecule has 1 N–H and O–H groups in total. The van der Waals surface area contributed by atoms with Crippen LogP contribution in [0, 0.1) is 0 Å². The zero-order chi connectivity index (χ0) is 17.0. The highest BCUT2D eigenvalue weighted by Crippen LogP contribution is 2.19. The lowest BCUT2D eigenvalue weighted by molar-refractivity contribution is -0.929. The summed E-state index contributed by atoms with van der Waals surface area (Å²) in [7, 11) is -3.08. The number of rotatable bonds is 5. The van der Waals surface area contributed by atoms with Gasteiger partial charge >= 0.3 is 0 Å². The van der Waals surface area contributed by atoms with Gasteiger partial charge in [0.25, 0.3) is 0 Å². The van der Waals surface area contributed by atoms with Crippen LogP contribution < -0.4 is 17.3 Å². The summed E-state index contributed by atoms with van der Waals surface area (Å²) in [6, 6.07) is 21.3. The molecule has 0 aliphatic carbocycles. The van der Waals surface area contributed by atoms with E-state index in [1.54, 1.807) is 11.2 Å². The van der Waals surface area contributed by atoms with Gasteiger partial charge in [-0.15, -0.1) is 0 Å². The fourth-order valence-electron chi connectivity index (χ4n) is 3.48. The van der Waals surface area contributed by atoms with E-state index >= 15 is 0 Å². The number of halogens is 1. The highest BCUT2D eigenvalue weighted by Gasteiger charge is 2.33. The lowest BCUT2D eigenvalue weighted by Gasteiger charge is -2.36. The molecule has 0 aromatic heterocycles. The van der Waals surface area contributed by atoms with Gasteiger partial charge in [-0.1, -0.05) is 60.7 Å². The summed E-state index contributed by atoms with van der Waals surface area (Å²) in [5, 5.41) is 0. The van der Waals surface area contributed by atoms with Gasteiger partial charge in [0.05, 0.1) is 31.9 Å². The third kappa shape index (κ3) is 4.61. The Morgan fingerprint density at radius 1 is 0.920 bits per heavy atom. The first-order valence-corrected chi connectivity index (χ1v) is 10.1. The van der Waals surface area contributed by atoms with Crippen molar-refractivity contribution in [3.63, 3.8) is 0 Å². The van der Waals surface area contributed by atoms with Gasteiger partial charge in [0, 0.05) is 11.1 Å². The summed E-state index contributed by atoms with van der Waals surface area (Å²) < 4.78 is 25.8. The molecule has 0 atom stereocenters. The number of nitrogens with one attached hydrogen (secondary N) is 1. The minimum absolute atomic E-state index is 0. The zero-order valence-electron chi connectivity index (χ0n) is 14.4. The smallest absolute Gasteiger partial charge is 0.214 e. The average molecular weight is 381 g/mol. The molecule has 1 aliphatic rings. The van der Waals surface area contributed by atoms with Crippen molar-refractivity contribution in [2.45, 2.75) is 13.0 Å². The van der Waals surface area contributed by atoms with Crippen molar-refractivity contribution in [3.05, 3.63) is 71.8 Å². The fraction of sp³-hybridized carbons (Fsp3) is 0.368. The fourth-order valence-corrected chi connectivity index (χ4v) is 4.58. The quantitative estimate of drug-likeness (QED) is 0.674. The van der Waals surface area contributed by atoms with Crippen LogP contribution in [0.1, 0.15) is 24.1 Å². The molecule has 1 fully saturated rings. The Morgan fingerprint density at radius 2 is 1.36 bits per heavy atom. The maximum Gasteiger partial charge on any atom is 0.214 e. The summed E-state index contributed by atoms with van der Waals surface area (Å²) in [4.78, 5) is 1.43. The summed E-state index contributed by atoms with van der Waals surface area (Å²) >= 11 is 0. The monoisotopic (exact) mass is 380 g/mol. The summed E-state index contributed by atoms with van der Waals surface area (Å²) in [6.07, 6.45) is 0. The third-order valence-corrected chi connectivity index (χ3v) is 6.68. The van der Waals surface area contributed by atoms with Crippen molar-refractivity contribution >= 4 is 10.0 Å². The number of quaternary nitrogens is 1. The molecule has 0 bridgehead atoms. The van der Waals surface area contributed by atoms with E-state index in [0.29, 0.717) is 13.1 Å². The summed E-state index contributed by atoms with van der Waals surface area (Å²) in [6.45, 7) is 4.57. The number of hydrogen-bond donors (Lipinski definition) is 1. The van der Waals surface area contributed by atoms with E-state index in [1.807, 2.05) is 12.1 Å². The van der Waals surface area contributed by atoms with Crippen LogP contribution in [0.3, 0.4) is 0 Å². The molecule has 1 heterocycles. The van der Waals surface area contributed by atoms with Crippen LogP contribution in [-0.2, 0) is 10.0 Å². The lowest BCUT2D eigenvalue weighted by atomic mass is 9.96. The van der Waals surface area contributed by atoms with E-state index < -0.39 is 10.0 Å². The van der Waals surface area contributed by atoms with Crippen LogP contribution >= 0.6 is 0 Å². The summed E-state index contributed by atoms with van der Waals surface area (Å²) in [5.41, 5.74) is 2.57. The van der Waals surface area contributed by atoms with Gasteiger partial charge in [-0.05, 0) is 6.92 Å². The van der Waals surface area contributed by atoms with Crippen LogP contribution in [-0.4, -0.2) is 44.7 Å². The van der Waals surface area contributed by atoms with Crippen LogP contribution in [0.4, 0.5) is 0 Å². The Bertz CT molecular complexity index is 706. The van der Waals surface area contributed by atoms with Crippen molar-refractivity contribution in [3.8, 4) is 0 Å². The van der Waals surface area contributed by atoms with Gasteiger partial charge < -0.3 is 17.3 Å². The van der Waals surface area contributed by atoms with Gasteiger partial charge in [0.2, 0.25) is 10.0 Å². The van der Waals surface area contributed by atoms with Crippen LogP contribution in [0.25, 0.3) is 0 Å². The number of piperazine rings is 1. The van der Waals surface area contributed by atoms with E-state index in [1.165, 1.54) is 16.0 Å². The van der Waals surface area contributed by atoms with Gasteiger partial charge in [0.15, 0.2) is 0 Å². The van der Waals surface area contributed by atoms with Crippen molar-refractivity contribution in [1.29, 1.82) is 0 Å². The molecule has 0 unspecified atom stereocenters. The molecule has 0 spiro atoms. The van der Waals surface area contributed by atoms with Gasteiger partial charge in [-0.2, -0.15) is 4.31 Å². The number of nitrogens with zero attached hydrogens (tertiary/aromatic N) is 1. The van der Waals surface area contributed by atoms with E-state index in [-0.39, 0.29) is 24.2 Å². The molecular formula is C19H25ClN2O2S. The predicted octanol–water partition coefficient (Wildman–Crippen LogP) is -1.67. The van der Waals surface area contributed by atoms with Crippen LogP contribution in [0.5, 0.6) is 0 Å². The predicted molar refractivity (Wildman–Crippen MR) is 96.5 cm³/mol. The van der Waals surface area contributed by atoms with Crippen molar-refractivity contribution in [2.24, 2.45) is 0 Å². The van der Waals surface area contributed by atoms with Gasteiger partial charge in [-0.3, -0.25) is 0 Å². The SMILES string of the molecule is CCS(=O)(=O)N1CC[NH+](C(c2ccccc2)c2ccccc2)CC1.[Cl-]. The second-order valence-electron chi connectivity index (χ2n) is 6.21. The highest BCUT2D eigenvalue weighted by atomic mass is 35.5. The normalized spacial score (nSPS) is 16.6. The van der Waals surface area contributed by atoms with E-state index in [0.717, 1.165) is 13.1 Å². The maximum absolute atomic E-state index is 12.1. The maximum atomic E-state index is 12.1. The molecule has 4 nitrogen and oxygen atoms in total. The molecule has 3 rings (SSSR count). The number of benzene rings is 2. The number of sulfonamides is 1. The Hall–Kier alpha value is -1.40. The molecule has 0 amide bonds. The minimum atomic E-state index is -3.08. The molecule has 2 aromatic carbocycles. The zero-order valence-corrected chi connectivity index (χ0v) is 16.0. The second-order valence-corrected chi connectivity index (χ2v) is 8.47. The van der Waals surface area contributed by atoms with E-state index in [2.05, 4.69) is 48.5 Å². The molecule has 25 heavy (non-hydrogen) atoms. The van der Waals surface area contributed by atoms with E-state index in [9.17, 15) is 8.42 Å². The molecule has 0 saturated carbocycles. The lowest BCUT2D eigenvalue weighted by Crippen LogP contribution is -3.15. The summed E-state index contributed by atoms with van der Waals surface area (Å²) in [5.74, 6) is 0.184. The molecule has 1 aliphatic heterocycles. The van der Waals surface area contributed by atoms with Crippen LogP contribution in [0.2, 0.25) is 0 Å². The molecule has 6 heteroatoms. The highest BCUT2D eigenvalue weighted by molar-refractivity contribution is 7.89. The van der Waals surface area contributed by atoms with Gasteiger partial charge in [0.1, 0.15) is 6.04 Å². The molecular weight excluding hydrogens is 356 g/mol.